The van der Waals surface area contributed by atoms with Crippen molar-refractivity contribution >= 4 is 0 Å². The lowest BCUT2D eigenvalue weighted by Gasteiger charge is -2.14. The van der Waals surface area contributed by atoms with Crippen LogP contribution in [-0.2, 0) is 9.47 Å². The van der Waals surface area contributed by atoms with Gasteiger partial charge in [-0.1, -0.05) is 30.3 Å². The number of ether oxygens (including phenoxy) is 2. The zero-order valence-corrected chi connectivity index (χ0v) is 8.19. The Morgan fingerprint density at radius 1 is 1.23 bits per heavy atom. The topological polar surface area (TPSA) is 18.5 Å². The third-order valence-electron chi connectivity index (χ3n) is 1.93. The molecule has 2 nitrogen and oxygen atoms in total. The molecule has 0 aliphatic heterocycles. The zero-order chi connectivity index (χ0) is 9.52. The van der Waals surface area contributed by atoms with Crippen LogP contribution in [0.1, 0.15) is 18.6 Å². The fourth-order valence-electron chi connectivity index (χ4n) is 1.19. The van der Waals surface area contributed by atoms with E-state index in [4.69, 9.17) is 9.47 Å². The highest BCUT2D eigenvalue weighted by Crippen LogP contribution is 2.15. The Hall–Kier alpha value is -0.860. The smallest absolute Gasteiger partial charge is 0.105 e. The molecule has 0 N–H and O–H groups in total. The molecule has 72 valence electrons. The molecule has 0 heterocycles. The van der Waals surface area contributed by atoms with Crippen LogP contribution >= 0.6 is 0 Å². The lowest BCUT2D eigenvalue weighted by molar-refractivity contribution is 0.0116. The van der Waals surface area contributed by atoms with Gasteiger partial charge in [0.25, 0.3) is 0 Å². The third kappa shape index (κ3) is 3.17. The molecule has 0 saturated carbocycles. The molecule has 1 aromatic rings. The second-order valence-electron chi connectivity index (χ2n) is 2.79. The highest BCUT2D eigenvalue weighted by atomic mass is 16.5. The first kappa shape index (κ1) is 10.2. The maximum atomic E-state index is 5.32. The van der Waals surface area contributed by atoms with Crippen molar-refractivity contribution in [3.63, 3.8) is 0 Å². The minimum atomic E-state index is 0.0566. The number of hydrogen-bond donors (Lipinski definition) is 0. The van der Waals surface area contributed by atoms with Crippen LogP contribution < -0.4 is 0 Å². The van der Waals surface area contributed by atoms with Gasteiger partial charge in [0, 0.05) is 13.7 Å². The Kier molecular flexibility index (Phi) is 4.50. The summed E-state index contributed by atoms with van der Waals surface area (Å²) in [6, 6.07) is 10.1. The van der Waals surface area contributed by atoms with Crippen molar-refractivity contribution in [2.75, 3.05) is 20.3 Å². The Morgan fingerprint density at radius 2 is 1.92 bits per heavy atom. The van der Waals surface area contributed by atoms with Gasteiger partial charge in [0.15, 0.2) is 0 Å². The van der Waals surface area contributed by atoms with Crippen LogP contribution in [-0.4, -0.2) is 20.3 Å². The standard InChI is InChI=1S/C11H16O2/c1-3-13-9-11(12-2)10-7-5-4-6-8-10/h4-8,11H,3,9H2,1-2H3/t11-/m1/s1. The summed E-state index contributed by atoms with van der Waals surface area (Å²) in [5.41, 5.74) is 1.17. The van der Waals surface area contributed by atoms with Crippen LogP contribution in [0.4, 0.5) is 0 Å². The number of hydrogen-bond acceptors (Lipinski definition) is 2. The van der Waals surface area contributed by atoms with E-state index in [2.05, 4.69) is 0 Å². The van der Waals surface area contributed by atoms with Gasteiger partial charge in [-0.15, -0.1) is 0 Å². The van der Waals surface area contributed by atoms with E-state index in [9.17, 15) is 0 Å². The quantitative estimate of drug-likeness (QED) is 0.692. The summed E-state index contributed by atoms with van der Waals surface area (Å²) in [6.07, 6.45) is 0.0566. The molecule has 0 aliphatic carbocycles. The first-order valence-corrected chi connectivity index (χ1v) is 4.54. The second kappa shape index (κ2) is 5.73. The largest absolute Gasteiger partial charge is 0.379 e. The van der Waals surface area contributed by atoms with Gasteiger partial charge >= 0.3 is 0 Å². The minimum Gasteiger partial charge on any atom is -0.379 e. The molecule has 0 fully saturated rings. The molecule has 0 radical (unpaired) electrons. The van der Waals surface area contributed by atoms with Gasteiger partial charge in [0.1, 0.15) is 6.10 Å². The third-order valence-corrected chi connectivity index (χ3v) is 1.93. The van der Waals surface area contributed by atoms with Gasteiger partial charge in [0.05, 0.1) is 6.61 Å². The molecule has 0 aliphatic rings. The summed E-state index contributed by atoms with van der Waals surface area (Å²) >= 11 is 0. The van der Waals surface area contributed by atoms with E-state index >= 15 is 0 Å². The molecular formula is C11H16O2. The van der Waals surface area contributed by atoms with Crippen LogP contribution in [0.2, 0.25) is 0 Å². The molecule has 0 saturated heterocycles. The Labute approximate surface area is 79.5 Å². The van der Waals surface area contributed by atoms with E-state index in [0.717, 1.165) is 6.61 Å². The van der Waals surface area contributed by atoms with Gasteiger partial charge in [-0.25, -0.2) is 0 Å². The van der Waals surface area contributed by atoms with Gasteiger partial charge in [-0.3, -0.25) is 0 Å². The molecule has 0 unspecified atom stereocenters. The molecule has 1 aromatic carbocycles. The normalized spacial score (nSPS) is 12.8. The molecule has 0 bridgehead atoms. The van der Waals surface area contributed by atoms with Crippen molar-refractivity contribution in [1.29, 1.82) is 0 Å². The molecule has 0 amide bonds. The Morgan fingerprint density at radius 3 is 2.46 bits per heavy atom. The van der Waals surface area contributed by atoms with Crippen molar-refractivity contribution < 1.29 is 9.47 Å². The number of methoxy groups -OCH3 is 1. The molecule has 1 rings (SSSR count). The van der Waals surface area contributed by atoms with Crippen molar-refractivity contribution in [2.45, 2.75) is 13.0 Å². The van der Waals surface area contributed by atoms with Crippen molar-refractivity contribution in [3.05, 3.63) is 35.9 Å². The van der Waals surface area contributed by atoms with E-state index in [0.29, 0.717) is 6.61 Å². The zero-order valence-electron chi connectivity index (χ0n) is 8.19. The van der Waals surface area contributed by atoms with E-state index in [1.807, 2.05) is 37.3 Å². The second-order valence-corrected chi connectivity index (χ2v) is 2.79. The molecule has 1 atom stereocenters. The van der Waals surface area contributed by atoms with E-state index in [-0.39, 0.29) is 6.10 Å². The fraction of sp³-hybridized carbons (Fsp3) is 0.455. The fourth-order valence-corrected chi connectivity index (χ4v) is 1.19. The summed E-state index contributed by atoms with van der Waals surface area (Å²) in [5, 5.41) is 0. The highest BCUT2D eigenvalue weighted by molar-refractivity contribution is 5.17. The average Bonchev–Trinajstić information content (AvgIpc) is 2.21. The van der Waals surface area contributed by atoms with Crippen LogP contribution in [0.3, 0.4) is 0 Å². The monoisotopic (exact) mass is 180 g/mol. The van der Waals surface area contributed by atoms with Crippen molar-refractivity contribution in [2.24, 2.45) is 0 Å². The minimum absolute atomic E-state index is 0.0566. The van der Waals surface area contributed by atoms with E-state index in [1.54, 1.807) is 7.11 Å². The first-order chi connectivity index (χ1) is 6.38. The maximum Gasteiger partial charge on any atom is 0.105 e. The molecule has 0 aromatic heterocycles. The predicted octanol–water partition coefficient (Wildman–Crippen LogP) is 2.41. The van der Waals surface area contributed by atoms with Crippen LogP contribution in [0.15, 0.2) is 30.3 Å². The first-order valence-electron chi connectivity index (χ1n) is 4.54. The maximum absolute atomic E-state index is 5.32. The Bertz CT molecular complexity index is 221. The predicted molar refractivity (Wildman–Crippen MR) is 52.7 cm³/mol. The van der Waals surface area contributed by atoms with Gasteiger partial charge in [0.2, 0.25) is 0 Å². The van der Waals surface area contributed by atoms with Crippen LogP contribution in [0, 0.1) is 0 Å². The summed E-state index contributed by atoms with van der Waals surface area (Å²) in [6.45, 7) is 3.33. The van der Waals surface area contributed by atoms with Crippen LogP contribution in [0.5, 0.6) is 0 Å². The van der Waals surface area contributed by atoms with Gasteiger partial charge in [-0.2, -0.15) is 0 Å². The number of rotatable bonds is 5. The lowest BCUT2D eigenvalue weighted by Crippen LogP contribution is -2.09. The van der Waals surface area contributed by atoms with Gasteiger partial charge in [-0.05, 0) is 12.5 Å². The Balaban J connectivity index is 2.56. The highest BCUT2D eigenvalue weighted by Gasteiger charge is 2.08. The van der Waals surface area contributed by atoms with Crippen molar-refractivity contribution in [3.8, 4) is 0 Å². The van der Waals surface area contributed by atoms with Gasteiger partial charge < -0.3 is 9.47 Å². The number of benzene rings is 1. The van der Waals surface area contributed by atoms with E-state index in [1.165, 1.54) is 5.56 Å². The van der Waals surface area contributed by atoms with E-state index < -0.39 is 0 Å². The molecule has 13 heavy (non-hydrogen) atoms. The van der Waals surface area contributed by atoms with Crippen LogP contribution in [0.25, 0.3) is 0 Å². The summed E-state index contributed by atoms with van der Waals surface area (Å²) < 4.78 is 10.6. The molecule has 0 spiro atoms. The summed E-state index contributed by atoms with van der Waals surface area (Å²) in [5.74, 6) is 0. The van der Waals surface area contributed by atoms with Crippen molar-refractivity contribution in [1.82, 2.24) is 0 Å². The lowest BCUT2D eigenvalue weighted by atomic mass is 10.1. The SMILES string of the molecule is CCOC[C@@H](OC)c1ccccc1. The summed E-state index contributed by atoms with van der Waals surface area (Å²) in [4.78, 5) is 0. The average molecular weight is 180 g/mol. The summed E-state index contributed by atoms with van der Waals surface area (Å²) in [7, 11) is 1.71. The molecule has 2 heteroatoms. The molecular weight excluding hydrogens is 164 g/mol.